The Morgan fingerprint density at radius 1 is 1.20 bits per heavy atom. The van der Waals surface area contributed by atoms with Crippen LogP contribution in [0.3, 0.4) is 0 Å². The highest BCUT2D eigenvalue weighted by Gasteiger charge is 2.39. The summed E-state index contributed by atoms with van der Waals surface area (Å²) in [5, 5.41) is 6.60. The maximum Gasteiger partial charge on any atom is 0.234 e. The van der Waals surface area contributed by atoms with E-state index < -0.39 is 0 Å². The Morgan fingerprint density at radius 2 is 1.90 bits per heavy atom. The highest BCUT2D eigenvalue weighted by atomic mass is 16.2. The van der Waals surface area contributed by atoms with Crippen LogP contribution in [0.5, 0.6) is 0 Å². The van der Waals surface area contributed by atoms with Gasteiger partial charge in [-0.2, -0.15) is 0 Å². The van der Waals surface area contributed by atoms with E-state index in [1.54, 1.807) is 0 Å². The number of hydrogen-bond donors (Lipinski definition) is 2. The van der Waals surface area contributed by atoms with Crippen LogP contribution in [0.15, 0.2) is 30.3 Å². The molecule has 0 radical (unpaired) electrons. The fraction of sp³-hybridized carbons (Fsp3) is 0.562. The Hall–Kier alpha value is -1.39. The van der Waals surface area contributed by atoms with Crippen molar-refractivity contribution in [2.45, 2.75) is 24.8 Å². The van der Waals surface area contributed by atoms with Gasteiger partial charge in [0.1, 0.15) is 0 Å². The molecule has 2 fully saturated rings. The molecule has 1 heterocycles. The van der Waals surface area contributed by atoms with E-state index in [1.807, 2.05) is 6.07 Å². The molecule has 1 saturated carbocycles. The first-order chi connectivity index (χ1) is 9.78. The van der Waals surface area contributed by atoms with Crippen LogP contribution >= 0.6 is 0 Å². The van der Waals surface area contributed by atoms with E-state index >= 15 is 0 Å². The first kappa shape index (κ1) is 13.6. The Labute approximate surface area is 120 Å². The number of nitrogens with zero attached hydrogens (tertiary/aromatic N) is 1. The van der Waals surface area contributed by atoms with E-state index in [9.17, 15) is 4.79 Å². The maximum atomic E-state index is 12.3. The van der Waals surface area contributed by atoms with Gasteiger partial charge in [-0.3, -0.25) is 9.69 Å². The quantitative estimate of drug-likeness (QED) is 0.863. The van der Waals surface area contributed by atoms with Crippen LogP contribution in [-0.2, 0) is 10.3 Å². The van der Waals surface area contributed by atoms with Crippen molar-refractivity contribution in [3.8, 4) is 0 Å². The summed E-state index contributed by atoms with van der Waals surface area (Å²) in [6.07, 6.45) is 3.32. The van der Waals surface area contributed by atoms with E-state index in [-0.39, 0.29) is 11.4 Å². The number of carbonyl (C=O) groups excluding carboxylic acids is 1. The van der Waals surface area contributed by atoms with Gasteiger partial charge in [-0.25, -0.2) is 0 Å². The molecule has 20 heavy (non-hydrogen) atoms. The first-order valence-corrected chi connectivity index (χ1v) is 7.58. The summed E-state index contributed by atoms with van der Waals surface area (Å²) in [5.74, 6) is 0.162. The first-order valence-electron chi connectivity index (χ1n) is 7.58. The van der Waals surface area contributed by atoms with E-state index in [0.717, 1.165) is 39.0 Å². The zero-order valence-corrected chi connectivity index (χ0v) is 11.9. The van der Waals surface area contributed by atoms with Gasteiger partial charge in [0, 0.05) is 26.2 Å². The highest BCUT2D eigenvalue weighted by molar-refractivity contribution is 5.79. The third kappa shape index (κ3) is 2.86. The number of benzene rings is 1. The molecule has 0 aromatic heterocycles. The third-order valence-corrected chi connectivity index (χ3v) is 4.49. The molecule has 0 bridgehead atoms. The molecule has 1 aliphatic carbocycles. The number of carbonyl (C=O) groups is 1. The highest BCUT2D eigenvalue weighted by Crippen LogP contribution is 2.41. The van der Waals surface area contributed by atoms with Crippen molar-refractivity contribution in [3.63, 3.8) is 0 Å². The minimum atomic E-state index is -0.105. The van der Waals surface area contributed by atoms with E-state index in [2.05, 4.69) is 39.8 Å². The molecule has 1 aliphatic heterocycles. The molecule has 1 aromatic carbocycles. The predicted octanol–water partition coefficient (Wildman–Crippen LogP) is 1.09. The molecule has 1 amide bonds. The van der Waals surface area contributed by atoms with Gasteiger partial charge in [0.2, 0.25) is 5.91 Å². The Bertz CT molecular complexity index is 450. The van der Waals surface area contributed by atoms with Crippen molar-refractivity contribution in [3.05, 3.63) is 35.9 Å². The van der Waals surface area contributed by atoms with Gasteiger partial charge in [0.15, 0.2) is 0 Å². The van der Waals surface area contributed by atoms with Gasteiger partial charge in [-0.15, -0.1) is 0 Å². The number of piperazine rings is 1. The van der Waals surface area contributed by atoms with Crippen LogP contribution in [0.4, 0.5) is 0 Å². The third-order valence-electron chi connectivity index (χ3n) is 4.49. The lowest BCUT2D eigenvalue weighted by atomic mass is 9.72. The SMILES string of the molecule is O=C(CN1CCNCC1)NC1(c2ccccc2)CCC1. The molecule has 4 heteroatoms. The molecule has 2 N–H and O–H groups in total. The Balaban J connectivity index is 1.61. The summed E-state index contributed by atoms with van der Waals surface area (Å²) in [7, 11) is 0. The second kappa shape index (κ2) is 5.94. The van der Waals surface area contributed by atoms with Crippen LogP contribution in [0, 0.1) is 0 Å². The van der Waals surface area contributed by atoms with Crippen molar-refractivity contribution in [1.82, 2.24) is 15.5 Å². The van der Waals surface area contributed by atoms with Crippen LogP contribution < -0.4 is 10.6 Å². The summed E-state index contributed by atoms with van der Waals surface area (Å²) in [6.45, 7) is 4.42. The number of amides is 1. The normalized spacial score (nSPS) is 22.0. The smallest absolute Gasteiger partial charge is 0.234 e. The van der Waals surface area contributed by atoms with Gasteiger partial charge in [0.05, 0.1) is 12.1 Å². The number of hydrogen-bond acceptors (Lipinski definition) is 3. The Kier molecular flexibility index (Phi) is 4.03. The van der Waals surface area contributed by atoms with Gasteiger partial charge >= 0.3 is 0 Å². The maximum absolute atomic E-state index is 12.3. The van der Waals surface area contributed by atoms with Crippen molar-refractivity contribution in [2.75, 3.05) is 32.7 Å². The van der Waals surface area contributed by atoms with E-state index in [4.69, 9.17) is 0 Å². The van der Waals surface area contributed by atoms with Gasteiger partial charge in [-0.1, -0.05) is 30.3 Å². The van der Waals surface area contributed by atoms with Gasteiger partial charge < -0.3 is 10.6 Å². The summed E-state index contributed by atoms with van der Waals surface area (Å²) < 4.78 is 0. The number of rotatable bonds is 4. The lowest BCUT2D eigenvalue weighted by Gasteiger charge is -2.43. The zero-order valence-electron chi connectivity index (χ0n) is 11.9. The van der Waals surface area contributed by atoms with Crippen LogP contribution in [0.2, 0.25) is 0 Å². The second-order valence-electron chi connectivity index (χ2n) is 5.88. The second-order valence-corrected chi connectivity index (χ2v) is 5.88. The van der Waals surface area contributed by atoms with Gasteiger partial charge in [-0.05, 0) is 24.8 Å². The Morgan fingerprint density at radius 3 is 2.50 bits per heavy atom. The van der Waals surface area contributed by atoms with Crippen LogP contribution in [0.25, 0.3) is 0 Å². The predicted molar refractivity (Wildman–Crippen MR) is 79.4 cm³/mol. The molecular formula is C16H23N3O. The van der Waals surface area contributed by atoms with Crippen LogP contribution in [0.1, 0.15) is 24.8 Å². The molecule has 1 saturated heterocycles. The lowest BCUT2D eigenvalue weighted by molar-refractivity contribution is -0.125. The zero-order chi connectivity index (χ0) is 13.8. The molecule has 0 unspecified atom stereocenters. The molecular weight excluding hydrogens is 250 g/mol. The molecule has 0 spiro atoms. The molecule has 2 aliphatic rings. The minimum Gasteiger partial charge on any atom is -0.345 e. The molecule has 108 valence electrons. The molecule has 1 aromatic rings. The standard InChI is InChI=1S/C16H23N3O/c20-15(13-19-11-9-17-10-12-19)18-16(7-4-8-16)14-5-2-1-3-6-14/h1-3,5-6,17H,4,7-13H2,(H,18,20). The van der Waals surface area contributed by atoms with Crippen molar-refractivity contribution < 1.29 is 4.79 Å². The van der Waals surface area contributed by atoms with E-state index in [1.165, 1.54) is 12.0 Å². The summed E-state index contributed by atoms with van der Waals surface area (Å²) >= 11 is 0. The van der Waals surface area contributed by atoms with Crippen molar-refractivity contribution >= 4 is 5.91 Å². The number of nitrogens with one attached hydrogen (secondary N) is 2. The lowest BCUT2D eigenvalue weighted by Crippen LogP contribution is -2.54. The molecule has 0 atom stereocenters. The molecule has 4 nitrogen and oxygen atoms in total. The fourth-order valence-corrected chi connectivity index (χ4v) is 3.15. The monoisotopic (exact) mass is 273 g/mol. The largest absolute Gasteiger partial charge is 0.345 e. The molecule has 3 rings (SSSR count). The summed E-state index contributed by atoms with van der Waals surface area (Å²) in [5.41, 5.74) is 1.15. The summed E-state index contributed by atoms with van der Waals surface area (Å²) in [4.78, 5) is 14.5. The average molecular weight is 273 g/mol. The van der Waals surface area contributed by atoms with Crippen LogP contribution in [-0.4, -0.2) is 43.5 Å². The fourth-order valence-electron chi connectivity index (χ4n) is 3.15. The van der Waals surface area contributed by atoms with Crippen molar-refractivity contribution in [2.24, 2.45) is 0 Å². The van der Waals surface area contributed by atoms with E-state index in [0.29, 0.717) is 6.54 Å². The minimum absolute atomic E-state index is 0.105. The average Bonchev–Trinajstić information content (AvgIpc) is 2.45. The summed E-state index contributed by atoms with van der Waals surface area (Å²) in [6, 6.07) is 10.4. The van der Waals surface area contributed by atoms with Gasteiger partial charge in [0.25, 0.3) is 0 Å². The topological polar surface area (TPSA) is 44.4 Å². The van der Waals surface area contributed by atoms with Crippen molar-refractivity contribution in [1.29, 1.82) is 0 Å².